The second-order valence-corrected chi connectivity index (χ2v) is 5.86. The molecule has 0 bridgehead atoms. The molecule has 1 aromatic rings. The van der Waals surface area contributed by atoms with Gasteiger partial charge in [-0.2, -0.15) is 0 Å². The molecule has 0 unspecified atom stereocenters. The molecule has 0 spiro atoms. The van der Waals surface area contributed by atoms with Crippen molar-refractivity contribution in [2.45, 2.75) is 38.1 Å². The second kappa shape index (κ2) is 4.73. The lowest BCUT2D eigenvalue weighted by molar-refractivity contribution is 0.0907. The third-order valence-electron chi connectivity index (χ3n) is 3.24. The fourth-order valence-electron chi connectivity index (χ4n) is 2.27. The molecule has 1 amide bonds. The topological polar surface area (TPSA) is 29.1 Å². The zero-order valence-corrected chi connectivity index (χ0v) is 11.6. The summed E-state index contributed by atoms with van der Waals surface area (Å²) in [5, 5.41) is 3.17. The predicted octanol–water partition coefficient (Wildman–Crippen LogP) is 3.35. The Morgan fingerprint density at radius 2 is 1.94 bits per heavy atom. The van der Waals surface area contributed by atoms with E-state index in [1.54, 1.807) is 0 Å². The van der Waals surface area contributed by atoms with Gasteiger partial charge in [-0.15, -0.1) is 0 Å². The molecule has 0 heterocycles. The highest BCUT2D eigenvalue weighted by Crippen LogP contribution is 2.29. The maximum atomic E-state index is 12.1. The van der Waals surface area contributed by atoms with Gasteiger partial charge in [0.15, 0.2) is 0 Å². The molecular weight excluding hydrogens is 313 g/mol. The number of nitrogens with one attached hydrogen (secondary N) is 1. The van der Waals surface area contributed by atoms with E-state index in [1.165, 1.54) is 12.8 Å². The highest BCUT2D eigenvalue weighted by Gasteiger charge is 2.30. The van der Waals surface area contributed by atoms with Crippen molar-refractivity contribution in [1.29, 1.82) is 0 Å². The number of hydrogen-bond acceptors (Lipinski definition) is 1. The Hall–Kier alpha value is -0.580. The van der Waals surface area contributed by atoms with Crippen LogP contribution in [-0.4, -0.2) is 11.4 Å². The van der Waals surface area contributed by atoms with Crippen LogP contribution in [0.25, 0.3) is 0 Å². The fourth-order valence-corrected chi connectivity index (χ4v) is 2.90. The Bertz CT molecular complexity index is 397. The van der Waals surface area contributed by atoms with Crippen molar-refractivity contribution >= 4 is 28.5 Å². The normalized spacial score (nSPS) is 18.4. The van der Waals surface area contributed by atoms with Crippen molar-refractivity contribution in [1.82, 2.24) is 5.32 Å². The number of carbonyl (C=O) groups excluding carboxylic acids is 1. The predicted molar refractivity (Wildman–Crippen MR) is 73.5 cm³/mol. The van der Waals surface area contributed by atoms with Gasteiger partial charge in [-0.1, -0.05) is 25.0 Å². The summed E-state index contributed by atoms with van der Waals surface area (Å²) in [6.45, 7) is 2.15. The molecule has 1 fully saturated rings. The van der Waals surface area contributed by atoms with E-state index in [-0.39, 0.29) is 11.4 Å². The third-order valence-corrected chi connectivity index (χ3v) is 4.18. The minimum Gasteiger partial charge on any atom is -0.347 e. The minimum atomic E-state index is 0.00993. The fraction of sp³-hybridized carbons (Fsp3) is 0.462. The Morgan fingerprint density at radius 1 is 1.31 bits per heavy atom. The molecule has 3 heteroatoms. The lowest BCUT2D eigenvalue weighted by Gasteiger charge is -2.25. The van der Waals surface area contributed by atoms with Gasteiger partial charge in [0.1, 0.15) is 0 Å². The van der Waals surface area contributed by atoms with Crippen LogP contribution in [0.1, 0.15) is 43.0 Å². The number of halogens is 1. The van der Waals surface area contributed by atoms with Crippen LogP contribution < -0.4 is 5.32 Å². The maximum absolute atomic E-state index is 12.1. The summed E-state index contributed by atoms with van der Waals surface area (Å²) in [6, 6.07) is 7.71. The largest absolute Gasteiger partial charge is 0.347 e. The number of carbonyl (C=O) groups is 1. The molecule has 0 radical (unpaired) electrons. The summed E-state index contributed by atoms with van der Waals surface area (Å²) < 4.78 is 1.01. The Kier molecular flexibility index (Phi) is 3.52. The average Bonchev–Trinajstić information content (AvgIpc) is 2.65. The van der Waals surface area contributed by atoms with Crippen molar-refractivity contribution in [3.63, 3.8) is 0 Å². The average molecular weight is 329 g/mol. The first-order chi connectivity index (χ1) is 7.61. The van der Waals surface area contributed by atoms with E-state index in [1.807, 2.05) is 24.3 Å². The molecule has 1 N–H and O–H groups in total. The molecule has 1 saturated carbocycles. The van der Waals surface area contributed by atoms with E-state index in [0.717, 1.165) is 22.0 Å². The van der Waals surface area contributed by atoms with Crippen LogP contribution in [0.4, 0.5) is 0 Å². The Balaban J connectivity index is 2.11. The van der Waals surface area contributed by atoms with E-state index >= 15 is 0 Å². The molecule has 1 aliphatic carbocycles. The molecule has 0 saturated heterocycles. The lowest BCUT2D eigenvalue weighted by Crippen LogP contribution is -2.43. The summed E-state index contributed by atoms with van der Waals surface area (Å²) in [7, 11) is 0. The molecular formula is C13H16INO. The van der Waals surface area contributed by atoms with Crippen molar-refractivity contribution in [3.8, 4) is 0 Å². The lowest BCUT2D eigenvalue weighted by atomic mass is 10.00. The van der Waals surface area contributed by atoms with E-state index in [0.29, 0.717) is 0 Å². The molecule has 86 valence electrons. The SMILES string of the molecule is CC1(NC(=O)c2ccccc2I)CCCC1. The quantitative estimate of drug-likeness (QED) is 0.829. The summed E-state index contributed by atoms with van der Waals surface area (Å²) in [6.07, 6.45) is 4.65. The number of hydrogen-bond donors (Lipinski definition) is 1. The van der Waals surface area contributed by atoms with Crippen molar-refractivity contribution in [2.24, 2.45) is 0 Å². The number of rotatable bonds is 2. The van der Waals surface area contributed by atoms with Gasteiger partial charge in [-0.05, 0) is 54.5 Å². The van der Waals surface area contributed by atoms with E-state index in [4.69, 9.17) is 0 Å². The third kappa shape index (κ3) is 2.56. The van der Waals surface area contributed by atoms with Gasteiger partial charge in [0, 0.05) is 9.11 Å². The van der Waals surface area contributed by atoms with Crippen LogP contribution in [0.3, 0.4) is 0 Å². The molecule has 2 nitrogen and oxygen atoms in total. The first-order valence-corrected chi connectivity index (χ1v) is 6.76. The van der Waals surface area contributed by atoms with Crippen LogP contribution in [0.15, 0.2) is 24.3 Å². The summed E-state index contributed by atoms with van der Waals surface area (Å²) >= 11 is 2.21. The Morgan fingerprint density at radius 3 is 2.56 bits per heavy atom. The monoisotopic (exact) mass is 329 g/mol. The van der Waals surface area contributed by atoms with Crippen LogP contribution in [0.2, 0.25) is 0 Å². The van der Waals surface area contributed by atoms with Gasteiger partial charge < -0.3 is 5.32 Å². The molecule has 0 atom stereocenters. The Labute approximate surface area is 110 Å². The molecule has 0 aromatic heterocycles. The van der Waals surface area contributed by atoms with Crippen LogP contribution in [-0.2, 0) is 0 Å². The van der Waals surface area contributed by atoms with E-state index in [2.05, 4.69) is 34.8 Å². The van der Waals surface area contributed by atoms with Gasteiger partial charge in [-0.3, -0.25) is 4.79 Å². The summed E-state index contributed by atoms with van der Waals surface area (Å²) in [4.78, 5) is 12.1. The smallest absolute Gasteiger partial charge is 0.252 e. The maximum Gasteiger partial charge on any atom is 0.252 e. The van der Waals surface area contributed by atoms with E-state index < -0.39 is 0 Å². The molecule has 1 aliphatic rings. The first kappa shape index (κ1) is 11.9. The number of amides is 1. The molecule has 2 rings (SSSR count). The van der Waals surface area contributed by atoms with Gasteiger partial charge in [0.2, 0.25) is 0 Å². The molecule has 1 aromatic carbocycles. The van der Waals surface area contributed by atoms with E-state index in [9.17, 15) is 4.79 Å². The van der Waals surface area contributed by atoms with Gasteiger partial charge >= 0.3 is 0 Å². The summed E-state index contributed by atoms with van der Waals surface area (Å²) in [5.41, 5.74) is 0.798. The van der Waals surface area contributed by atoms with Crippen molar-refractivity contribution < 1.29 is 4.79 Å². The van der Waals surface area contributed by atoms with Crippen LogP contribution in [0.5, 0.6) is 0 Å². The summed E-state index contributed by atoms with van der Waals surface area (Å²) in [5.74, 6) is 0.0643. The van der Waals surface area contributed by atoms with Gasteiger partial charge in [0.05, 0.1) is 5.56 Å². The zero-order chi connectivity index (χ0) is 11.6. The molecule has 0 aliphatic heterocycles. The van der Waals surface area contributed by atoms with Crippen LogP contribution >= 0.6 is 22.6 Å². The second-order valence-electron chi connectivity index (χ2n) is 4.70. The standard InChI is InChI=1S/C13H16INO/c1-13(8-4-5-9-13)15-12(16)10-6-2-3-7-11(10)14/h2-3,6-7H,4-5,8-9H2,1H3,(H,15,16). The minimum absolute atomic E-state index is 0.00993. The zero-order valence-electron chi connectivity index (χ0n) is 9.42. The van der Waals surface area contributed by atoms with Gasteiger partial charge in [0.25, 0.3) is 5.91 Å². The number of benzene rings is 1. The first-order valence-electron chi connectivity index (χ1n) is 5.68. The van der Waals surface area contributed by atoms with Crippen LogP contribution in [0, 0.1) is 3.57 Å². The van der Waals surface area contributed by atoms with Crippen molar-refractivity contribution in [2.75, 3.05) is 0 Å². The highest BCUT2D eigenvalue weighted by molar-refractivity contribution is 14.1. The molecule has 16 heavy (non-hydrogen) atoms. The van der Waals surface area contributed by atoms with Gasteiger partial charge in [-0.25, -0.2) is 0 Å². The van der Waals surface area contributed by atoms with Crippen molar-refractivity contribution in [3.05, 3.63) is 33.4 Å². The highest BCUT2D eigenvalue weighted by atomic mass is 127.